The van der Waals surface area contributed by atoms with Crippen LogP contribution in [-0.4, -0.2) is 43.0 Å². The summed E-state index contributed by atoms with van der Waals surface area (Å²) in [5.74, 6) is -0.148. The molecule has 7 heteroatoms. The van der Waals surface area contributed by atoms with Crippen molar-refractivity contribution in [1.82, 2.24) is 4.90 Å². The fourth-order valence-corrected chi connectivity index (χ4v) is 2.28. The van der Waals surface area contributed by atoms with Crippen LogP contribution in [0.5, 0.6) is 11.5 Å². The number of carbonyl (C=O) groups is 2. The number of benzene rings is 1. The molecular formula is C16H23ClN2O4. The lowest BCUT2D eigenvalue weighted by molar-refractivity contribution is -0.119. The van der Waals surface area contributed by atoms with Crippen molar-refractivity contribution in [2.45, 2.75) is 33.2 Å². The van der Waals surface area contributed by atoms with Gasteiger partial charge in [-0.3, -0.25) is 9.59 Å². The Morgan fingerprint density at radius 3 is 2.48 bits per heavy atom. The first-order valence-electron chi connectivity index (χ1n) is 7.41. The van der Waals surface area contributed by atoms with Crippen LogP contribution < -0.4 is 15.2 Å². The molecule has 0 heterocycles. The summed E-state index contributed by atoms with van der Waals surface area (Å²) in [4.78, 5) is 25.2. The van der Waals surface area contributed by atoms with Crippen molar-refractivity contribution in [1.29, 1.82) is 0 Å². The van der Waals surface area contributed by atoms with Crippen LogP contribution in [0.15, 0.2) is 12.1 Å². The summed E-state index contributed by atoms with van der Waals surface area (Å²) in [5.41, 5.74) is 5.52. The summed E-state index contributed by atoms with van der Waals surface area (Å²) in [6.45, 7) is 5.91. The molecule has 0 aliphatic heterocycles. The summed E-state index contributed by atoms with van der Waals surface area (Å²) in [7, 11) is 1.47. The van der Waals surface area contributed by atoms with Crippen molar-refractivity contribution in [3.63, 3.8) is 0 Å². The Labute approximate surface area is 141 Å². The zero-order chi connectivity index (χ0) is 17.6. The van der Waals surface area contributed by atoms with Crippen molar-refractivity contribution in [2.75, 3.05) is 20.3 Å². The van der Waals surface area contributed by atoms with Crippen LogP contribution in [0.2, 0.25) is 5.02 Å². The van der Waals surface area contributed by atoms with Crippen molar-refractivity contribution in [3.05, 3.63) is 22.7 Å². The molecule has 0 spiro atoms. The van der Waals surface area contributed by atoms with Crippen molar-refractivity contribution >= 4 is 23.4 Å². The SMILES string of the molecule is CCCOc1c(Cl)cc(C(=O)N(CC(N)=O)C(C)C)cc1OC. The van der Waals surface area contributed by atoms with Gasteiger partial charge < -0.3 is 20.1 Å². The van der Waals surface area contributed by atoms with Crippen LogP contribution in [0.4, 0.5) is 0 Å². The second kappa shape index (κ2) is 8.62. The van der Waals surface area contributed by atoms with Crippen molar-refractivity contribution in [2.24, 2.45) is 5.73 Å². The number of hydrogen-bond donors (Lipinski definition) is 1. The van der Waals surface area contributed by atoms with E-state index in [0.717, 1.165) is 6.42 Å². The molecule has 0 radical (unpaired) electrons. The van der Waals surface area contributed by atoms with Gasteiger partial charge in [0.1, 0.15) is 0 Å². The van der Waals surface area contributed by atoms with Crippen molar-refractivity contribution in [3.8, 4) is 11.5 Å². The lowest BCUT2D eigenvalue weighted by atomic mass is 10.1. The Balaban J connectivity index is 3.18. The van der Waals surface area contributed by atoms with Gasteiger partial charge in [0.25, 0.3) is 5.91 Å². The van der Waals surface area contributed by atoms with Gasteiger partial charge in [-0.25, -0.2) is 0 Å². The molecule has 0 unspecified atom stereocenters. The van der Waals surface area contributed by atoms with Crippen LogP contribution >= 0.6 is 11.6 Å². The van der Waals surface area contributed by atoms with E-state index in [9.17, 15) is 9.59 Å². The smallest absolute Gasteiger partial charge is 0.254 e. The Kier molecular flexibility index (Phi) is 7.16. The van der Waals surface area contributed by atoms with Crippen LogP contribution in [0, 0.1) is 0 Å². The molecule has 2 amide bonds. The van der Waals surface area contributed by atoms with E-state index in [1.165, 1.54) is 18.1 Å². The van der Waals surface area contributed by atoms with E-state index in [1.54, 1.807) is 19.9 Å². The fourth-order valence-electron chi connectivity index (χ4n) is 2.01. The molecule has 0 saturated carbocycles. The van der Waals surface area contributed by atoms with E-state index in [-0.39, 0.29) is 23.5 Å². The van der Waals surface area contributed by atoms with Crippen LogP contribution in [0.3, 0.4) is 0 Å². The Hall–Kier alpha value is -1.95. The lowest BCUT2D eigenvalue weighted by Gasteiger charge is -2.26. The minimum absolute atomic E-state index is 0.162. The third-order valence-electron chi connectivity index (χ3n) is 3.14. The van der Waals surface area contributed by atoms with Gasteiger partial charge in [-0.05, 0) is 32.4 Å². The monoisotopic (exact) mass is 342 g/mol. The van der Waals surface area contributed by atoms with Gasteiger partial charge >= 0.3 is 0 Å². The highest BCUT2D eigenvalue weighted by Gasteiger charge is 2.23. The van der Waals surface area contributed by atoms with Gasteiger partial charge in [0, 0.05) is 11.6 Å². The standard InChI is InChI=1S/C16H23ClN2O4/c1-5-6-23-15-12(17)7-11(8-13(15)22-4)16(21)19(10(2)3)9-14(18)20/h7-8,10H,5-6,9H2,1-4H3,(H2,18,20). The number of carbonyl (C=O) groups excluding carboxylic acids is 2. The molecule has 0 aromatic heterocycles. The summed E-state index contributed by atoms with van der Waals surface area (Å²) in [6, 6.07) is 2.87. The number of nitrogens with zero attached hydrogens (tertiary/aromatic N) is 1. The minimum atomic E-state index is -0.576. The molecule has 1 rings (SSSR count). The molecule has 0 bridgehead atoms. The molecule has 0 fully saturated rings. The summed E-state index contributed by atoms with van der Waals surface area (Å²) in [5, 5.41) is 0.281. The summed E-state index contributed by atoms with van der Waals surface area (Å²) in [6.07, 6.45) is 0.819. The molecule has 128 valence electrons. The highest BCUT2D eigenvalue weighted by molar-refractivity contribution is 6.32. The molecule has 6 nitrogen and oxygen atoms in total. The first-order chi connectivity index (χ1) is 10.8. The number of hydrogen-bond acceptors (Lipinski definition) is 4. The fraction of sp³-hybridized carbons (Fsp3) is 0.500. The minimum Gasteiger partial charge on any atom is -0.493 e. The van der Waals surface area contributed by atoms with Crippen LogP contribution in [0.1, 0.15) is 37.6 Å². The lowest BCUT2D eigenvalue weighted by Crippen LogP contribution is -2.42. The molecule has 23 heavy (non-hydrogen) atoms. The predicted octanol–water partition coefficient (Wildman–Crippen LogP) is 2.47. The zero-order valence-electron chi connectivity index (χ0n) is 13.9. The zero-order valence-corrected chi connectivity index (χ0v) is 14.6. The van der Waals surface area contributed by atoms with Gasteiger partial charge in [0.2, 0.25) is 5.91 Å². The quantitative estimate of drug-likeness (QED) is 0.786. The number of amides is 2. The van der Waals surface area contributed by atoms with Crippen LogP contribution in [-0.2, 0) is 4.79 Å². The largest absolute Gasteiger partial charge is 0.493 e. The number of methoxy groups -OCH3 is 1. The second-order valence-electron chi connectivity index (χ2n) is 5.33. The predicted molar refractivity (Wildman–Crippen MR) is 89.2 cm³/mol. The molecule has 2 N–H and O–H groups in total. The summed E-state index contributed by atoms with van der Waals surface area (Å²) >= 11 is 6.22. The van der Waals surface area contributed by atoms with E-state index in [4.69, 9.17) is 26.8 Å². The first-order valence-corrected chi connectivity index (χ1v) is 7.79. The average molecular weight is 343 g/mol. The van der Waals surface area contributed by atoms with Gasteiger partial charge in [-0.15, -0.1) is 0 Å². The van der Waals surface area contributed by atoms with E-state index in [2.05, 4.69) is 0 Å². The maximum absolute atomic E-state index is 12.6. The number of halogens is 1. The second-order valence-corrected chi connectivity index (χ2v) is 5.74. The van der Waals surface area contributed by atoms with Crippen molar-refractivity contribution < 1.29 is 19.1 Å². The molecular weight excluding hydrogens is 320 g/mol. The highest BCUT2D eigenvalue weighted by atomic mass is 35.5. The van der Waals surface area contributed by atoms with E-state index in [1.807, 2.05) is 6.92 Å². The third-order valence-corrected chi connectivity index (χ3v) is 3.42. The topological polar surface area (TPSA) is 81.9 Å². The molecule has 0 aliphatic rings. The molecule has 0 saturated heterocycles. The highest BCUT2D eigenvalue weighted by Crippen LogP contribution is 2.37. The molecule has 1 aromatic rings. The normalized spacial score (nSPS) is 10.5. The molecule has 1 aromatic carbocycles. The van der Waals surface area contributed by atoms with Crippen LogP contribution in [0.25, 0.3) is 0 Å². The summed E-state index contributed by atoms with van der Waals surface area (Å²) < 4.78 is 10.8. The number of primary amides is 1. The number of nitrogens with two attached hydrogens (primary N) is 1. The van der Waals surface area contributed by atoms with Gasteiger partial charge in [-0.2, -0.15) is 0 Å². The van der Waals surface area contributed by atoms with Gasteiger partial charge in [0.15, 0.2) is 11.5 Å². The van der Waals surface area contributed by atoms with Gasteiger partial charge in [-0.1, -0.05) is 18.5 Å². The molecule has 0 aliphatic carbocycles. The third kappa shape index (κ3) is 5.03. The maximum atomic E-state index is 12.6. The van der Waals surface area contributed by atoms with Gasteiger partial charge in [0.05, 0.1) is 25.3 Å². The Bertz CT molecular complexity index is 575. The maximum Gasteiger partial charge on any atom is 0.254 e. The van der Waals surface area contributed by atoms with E-state index < -0.39 is 5.91 Å². The average Bonchev–Trinajstić information content (AvgIpc) is 2.49. The van der Waals surface area contributed by atoms with E-state index >= 15 is 0 Å². The van der Waals surface area contributed by atoms with E-state index in [0.29, 0.717) is 23.7 Å². The number of ether oxygens (including phenoxy) is 2. The Morgan fingerprint density at radius 1 is 1.35 bits per heavy atom. The first kappa shape index (κ1) is 19.1. The Morgan fingerprint density at radius 2 is 2.00 bits per heavy atom. The molecule has 0 atom stereocenters. The number of rotatable bonds is 8.